The molecule has 11 heteroatoms. The molecular formula is C25H30N5O5P. The SMILES string of the molecule is COP(=O)(O)C(Oc1ccc2ccc(C(=N)N)cc2c1)c1ccc(OC2CCN(C(=N)N)CC2)cc1. The number of likely N-dealkylation sites (tertiary alicyclic amines) is 1. The number of rotatable bonds is 8. The van der Waals surface area contributed by atoms with E-state index in [4.69, 9.17) is 36.3 Å². The lowest BCUT2D eigenvalue weighted by Gasteiger charge is -2.32. The zero-order valence-corrected chi connectivity index (χ0v) is 20.8. The first-order valence-corrected chi connectivity index (χ1v) is 13.1. The minimum absolute atomic E-state index is 0.00101. The van der Waals surface area contributed by atoms with Crippen LogP contribution in [0, 0.1) is 10.8 Å². The third-order valence-electron chi connectivity index (χ3n) is 6.18. The maximum atomic E-state index is 12.9. The van der Waals surface area contributed by atoms with E-state index in [1.54, 1.807) is 48.5 Å². The molecule has 1 heterocycles. The van der Waals surface area contributed by atoms with Crippen LogP contribution in [0.15, 0.2) is 60.7 Å². The van der Waals surface area contributed by atoms with E-state index in [2.05, 4.69) is 0 Å². The highest BCUT2D eigenvalue weighted by atomic mass is 31.2. The van der Waals surface area contributed by atoms with Crippen LogP contribution in [0.1, 0.15) is 29.8 Å². The fourth-order valence-corrected chi connectivity index (χ4v) is 5.13. The number of benzene rings is 3. The molecule has 1 aliphatic heterocycles. The van der Waals surface area contributed by atoms with Crippen LogP contribution >= 0.6 is 7.60 Å². The minimum Gasteiger partial charge on any atom is -0.490 e. The van der Waals surface area contributed by atoms with Gasteiger partial charge in [-0.25, -0.2) is 0 Å². The van der Waals surface area contributed by atoms with Crippen LogP contribution in [0.2, 0.25) is 0 Å². The predicted molar refractivity (Wildman–Crippen MR) is 139 cm³/mol. The molecule has 190 valence electrons. The van der Waals surface area contributed by atoms with Gasteiger partial charge in [-0.3, -0.25) is 15.4 Å². The summed E-state index contributed by atoms with van der Waals surface area (Å²) >= 11 is 0. The van der Waals surface area contributed by atoms with E-state index in [1.165, 1.54) is 7.11 Å². The smallest absolute Gasteiger partial charge is 0.372 e. The van der Waals surface area contributed by atoms with Crippen LogP contribution in [0.3, 0.4) is 0 Å². The van der Waals surface area contributed by atoms with Gasteiger partial charge in [0, 0.05) is 44.2 Å². The molecule has 3 aromatic rings. The fraction of sp³-hybridized carbons (Fsp3) is 0.280. The van der Waals surface area contributed by atoms with Gasteiger partial charge in [0.2, 0.25) is 5.85 Å². The molecule has 3 aromatic carbocycles. The Morgan fingerprint density at radius 3 is 2.25 bits per heavy atom. The molecule has 0 amide bonds. The van der Waals surface area contributed by atoms with Crippen LogP contribution in [-0.2, 0) is 9.09 Å². The van der Waals surface area contributed by atoms with Crippen molar-refractivity contribution < 1.29 is 23.5 Å². The second-order valence-electron chi connectivity index (χ2n) is 8.61. The maximum Gasteiger partial charge on any atom is 0.372 e. The Morgan fingerprint density at radius 1 is 1.00 bits per heavy atom. The molecule has 0 radical (unpaired) electrons. The second kappa shape index (κ2) is 10.6. The number of guanidine groups is 1. The van der Waals surface area contributed by atoms with Gasteiger partial charge in [0.05, 0.1) is 0 Å². The van der Waals surface area contributed by atoms with E-state index in [0.717, 1.165) is 23.6 Å². The third-order valence-corrected chi connectivity index (χ3v) is 7.70. The normalized spacial score (nSPS) is 16.8. The van der Waals surface area contributed by atoms with Crippen molar-refractivity contribution in [2.24, 2.45) is 11.5 Å². The molecule has 1 saturated heterocycles. The standard InChI is InChI=1S/C25H30N5O5P/c1-33-36(31,32)24(35-22-9-4-16-2-3-18(23(26)27)14-19(16)15-22)17-5-7-20(8-6-17)34-21-10-12-30(13-11-21)25(28)29/h2-9,14-15,21,24H,10-13H2,1H3,(H3,26,27)(H3,28,29)(H,31,32). The zero-order valence-electron chi connectivity index (χ0n) is 19.9. The van der Waals surface area contributed by atoms with Crippen LogP contribution in [0.5, 0.6) is 11.5 Å². The molecule has 0 aromatic heterocycles. The summed E-state index contributed by atoms with van der Waals surface area (Å²) in [5, 5.41) is 16.9. The summed E-state index contributed by atoms with van der Waals surface area (Å²) in [7, 11) is -3.01. The average Bonchev–Trinajstić information content (AvgIpc) is 2.87. The molecule has 0 aliphatic carbocycles. The molecule has 4 rings (SSSR count). The van der Waals surface area contributed by atoms with E-state index in [1.807, 2.05) is 17.0 Å². The number of nitrogens with zero attached hydrogens (tertiary/aromatic N) is 1. The number of amidine groups is 1. The van der Waals surface area contributed by atoms with Crippen LogP contribution in [0.25, 0.3) is 10.8 Å². The van der Waals surface area contributed by atoms with E-state index in [9.17, 15) is 9.46 Å². The van der Waals surface area contributed by atoms with Gasteiger partial charge in [-0.2, -0.15) is 0 Å². The number of nitrogens with one attached hydrogen (secondary N) is 2. The second-order valence-corrected chi connectivity index (χ2v) is 10.6. The van der Waals surface area contributed by atoms with Crippen molar-refractivity contribution in [3.8, 4) is 11.5 Å². The van der Waals surface area contributed by atoms with Gasteiger partial charge in [0.25, 0.3) is 0 Å². The molecular weight excluding hydrogens is 481 g/mol. The van der Waals surface area contributed by atoms with E-state index < -0.39 is 13.4 Å². The molecule has 0 bridgehead atoms. The molecule has 10 nitrogen and oxygen atoms in total. The van der Waals surface area contributed by atoms with Crippen LogP contribution in [-0.4, -0.2) is 47.9 Å². The predicted octanol–water partition coefficient (Wildman–Crippen LogP) is 3.77. The molecule has 36 heavy (non-hydrogen) atoms. The highest BCUT2D eigenvalue weighted by Crippen LogP contribution is 2.56. The van der Waals surface area contributed by atoms with Gasteiger partial charge in [-0.1, -0.05) is 30.3 Å². The summed E-state index contributed by atoms with van der Waals surface area (Å²) in [5.74, 6) is -0.236. The van der Waals surface area contributed by atoms with Crippen molar-refractivity contribution in [2.75, 3.05) is 20.2 Å². The summed E-state index contributed by atoms with van der Waals surface area (Å²) in [6.45, 7) is 1.32. The minimum atomic E-state index is -4.18. The Balaban J connectivity index is 1.52. The van der Waals surface area contributed by atoms with Crippen molar-refractivity contribution >= 4 is 30.2 Å². The molecule has 0 spiro atoms. The highest BCUT2D eigenvalue weighted by Gasteiger charge is 2.35. The Hall–Kier alpha value is -3.59. The number of ether oxygens (including phenoxy) is 2. The molecule has 2 unspecified atom stereocenters. The van der Waals surface area contributed by atoms with Crippen LogP contribution in [0.4, 0.5) is 0 Å². The summed E-state index contributed by atoms with van der Waals surface area (Å²) in [5.41, 5.74) is 12.2. The van der Waals surface area contributed by atoms with Crippen LogP contribution < -0.4 is 20.9 Å². The largest absolute Gasteiger partial charge is 0.490 e. The maximum absolute atomic E-state index is 12.9. The number of nitrogens with two attached hydrogens (primary N) is 2. The number of fused-ring (bicyclic) bond motifs is 1. The molecule has 1 aliphatic rings. The van der Waals surface area contributed by atoms with Gasteiger partial charge in [-0.15, -0.1) is 0 Å². The quantitative estimate of drug-likeness (QED) is 0.173. The molecule has 7 N–H and O–H groups in total. The molecule has 0 saturated carbocycles. The number of nitrogen functional groups attached to an aromatic ring is 1. The molecule has 1 fully saturated rings. The number of piperidine rings is 1. The summed E-state index contributed by atoms with van der Waals surface area (Å²) in [6, 6.07) is 17.5. The van der Waals surface area contributed by atoms with E-state index in [0.29, 0.717) is 35.7 Å². The van der Waals surface area contributed by atoms with E-state index in [-0.39, 0.29) is 17.9 Å². The zero-order chi connectivity index (χ0) is 25.9. The first kappa shape index (κ1) is 25.5. The Morgan fingerprint density at radius 2 is 1.64 bits per heavy atom. The lowest BCUT2D eigenvalue weighted by Crippen LogP contribution is -2.44. The first-order chi connectivity index (χ1) is 17.2. The lowest BCUT2D eigenvalue weighted by molar-refractivity contribution is 0.130. The third kappa shape index (κ3) is 5.79. The van der Waals surface area contributed by atoms with Gasteiger partial charge in [0.1, 0.15) is 23.4 Å². The van der Waals surface area contributed by atoms with Gasteiger partial charge in [0.15, 0.2) is 5.96 Å². The van der Waals surface area contributed by atoms with Crippen molar-refractivity contribution in [3.63, 3.8) is 0 Å². The Bertz CT molecular complexity index is 1310. The average molecular weight is 512 g/mol. The van der Waals surface area contributed by atoms with Gasteiger partial charge >= 0.3 is 7.60 Å². The number of hydrogen-bond donors (Lipinski definition) is 5. The first-order valence-electron chi connectivity index (χ1n) is 11.4. The van der Waals surface area contributed by atoms with E-state index >= 15 is 0 Å². The fourth-order valence-electron chi connectivity index (χ4n) is 4.13. The van der Waals surface area contributed by atoms with Crippen molar-refractivity contribution in [3.05, 3.63) is 71.8 Å². The van der Waals surface area contributed by atoms with Gasteiger partial charge < -0.3 is 35.3 Å². The Kier molecular flexibility index (Phi) is 7.49. The van der Waals surface area contributed by atoms with Gasteiger partial charge in [-0.05, 0) is 41.1 Å². The summed E-state index contributed by atoms with van der Waals surface area (Å²) in [4.78, 5) is 12.3. The van der Waals surface area contributed by atoms with Crippen molar-refractivity contribution in [1.82, 2.24) is 4.90 Å². The lowest BCUT2D eigenvalue weighted by atomic mass is 10.1. The Labute approximate surface area is 209 Å². The summed E-state index contributed by atoms with van der Waals surface area (Å²) in [6.07, 6.45) is 1.49. The van der Waals surface area contributed by atoms with Crippen molar-refractivity contribution in [2.45, 2.75) is 24.8 Å². The highest BCUT2D eigenvalue weighted by molar-refractivity contribution is 7.53. The molecule has 2 atom stereocenters. The van der Waals surface area contributed by atoms with Crippen molar-refractivity contribution in [1.29, 1.82) is 10.8 Å². The monoisotopic (exact) mass is 511 g/mol. The summed E-state index contributed by atoms with van der Waals surface area (Å²) < 4.78 is 29.9. The topological polar surface area (TPSA) is 168 Å². The number of hydrogen-bond acceptors (Lipinski definition) is 6.